The third-order valence-electron chi connectivity index (χ3n) is 3.81. The lowest BCUT2D eigenvalue weighted by molar-refractivity contribution is 0.534. The quantitative estimate of drug-likeness (QED) is 0.867. The van der Waals surface area contributed by atoms with Crippen LogP contribution in [0.2, 0.25) is 0 Å². The number of hydrogen-bond donors (Lipinski definition) is 1. The largest absolute Gasteiger partial charge is 0.316 e. The Kier molecular flexibility index (Phi) is 3.70. The highest BCUT2D eigenvalue weighted by Gasteiger charge is 2.53. The minimum atomic E-state index is 0.411. The highest BCUT2D eigenvalue weighted by atomic mass is 79.9. The maximum atomic E-state index is 3.57. The van der Waals surface area contributed by atoms with Crippen LogP contribution in [0, 0.1) is 5.92 Å². The molecule has 0 aliphatic heterocycles. The summed E-state index contributed by atoms with van der Waals surface area (Å²) in [4.78, 5) is 0. The second-order valence-electron chi connectivity index (χ2n) is 4.76. The fourth-order valence-corrected chi connectivity index (χ4v) is 3.13. The van der Waals surface area contributed by atoms with E-state index in [-0.39, 0.29) is 0 Å². The highest BCUT2D eigenvalue weighted by Crippen LogP contribution is 2.55. The predicted molar refractivity (Wildman–Crippen MR) is 72.8 cm³/mol. The Labute approximate surface area is 107 Å². The van der Waals surface area contributed by atoms with Gasteiger partial charge in [0.2, 0.25) is 0 Å². The molecule has 2 rings (SSSR count). The summed E-state index contributed by atoms with van der Waals surface area (Å²) in [5.41, 5.74) is 1.91. The van der Waals surface area contributed by atoms with Crippen molar-refractivity contribution in [2.75, 3.05) is 13.1 Å². The van der Waals surface area contributed by atoms with Gasteiger partial charge in [-0.3, -0.25) is 0 Å². The van der Waals surface area contributed by atoms with Crippen molar-refractivity contribution in [3.63, 3.8) is 0 Å². The SMILES string of the molecule is CCNCC1(c2cccc(Br)c2)CC1CC. The lowest BCUT2D eigenvalue weighted by atomic mass is 9.92. The maximum absolute atomic E-state index is 3.57. The van der Waals surface area contributed by atoms with E-state index < -0.39 is 0 Å². The highest BCUT2D eigenvalue weighted by molar-refractivity contribution is 9.10. The number of halogens is 1. The molecule has 1 nitrogen and oxygen atoms in total. The number of rotatable bonds is 5. The molecule has 0 heterocycles. The van der Waals surface area contributed by atoms with Crippen LogP contribution in [-0.2, 0) is 5.41 Å². The Morgan fingerprint density at radius 2 is 2.25 bits per heavy atom. The molecule has 1 aliphatic rings. The molecule has 0 saturated heterocycles. The molecule has 1 aromatic carbocycles. The fraction of sp³-hybridized carbons (Fsp3) is 0.571. The molecule has 1 fully saturated rings. The van der Waals surface area contributed by atoms with Crippen LogP contribution in [-0.4, -0.2) is 13.1 Å². The normalized spacial score (nSPS) is 28.1. The first kappa shape index (κ1) is 12.1. The topological polar surface area (TPSA) is 12.0 Å². The maximum Gasteiger partial charge on any atom is 0.0178 e. The van der Waals surface area contributed by atoms with E-state index in [1.54, 1.807) is 0 Å². The van der Waals surface area contributed by atoms with Gasteiger partial charge in [0.15, 0.2) is 0 Å². The number of likely N-dealkylation sites (N-methyl/N-ethyl adjacent to an activating group) is 1. The van der Waals surface area contributed by atoms with Gasteiger partial charge in [-0.25, -0.2) is 0 Å². The van der Waals surface area contributed by atoms with Crippen LogP contribution in [0.25, 0.3) is 0 Å². The second kappa shape index (κ2) is 4.89. The Morgan fingerprint density at radius 3 is 2.81 bits per heavy atom. The monoisotopic (exact) mass is 281 g/mol. The molecule has 1 N–H and O–H groups in total. The first-order valence-corrected chi connectivity index (χ1v) is 6.99. The van der Waals surface area contributed by atoms with Crippen molar-refractivity contribution in [3.8, 4) is 0 Å². The minimum absolute atomic E-state index is 0.411. The van der Waals surface area contributed by atoms with E-state index >= 15 is 0 Å². The van der Waals surface area contributed by atoms with Crippen LogP contribution in [0.5, 0.6) is 0 Å². The molecule has 0 bridgehead atoms. The number of benzene rings is 1. The van der Waals surface area contributed by atoms with Crippen LogP contribution < -0.4 is 5.32 Å². The van der Waals surface area contributed by atoms with Gasteiger partial charge in [-0.05, 0) is 36.6 Å². The zero-order chi connectivity index (χ0) is 11.6. The smallest absolute Gasteiger partial charge is 0.0178 e. The molecule has 0 amide bonds. The third kappa shape index (κ3) is 2.18. The van der Waals surface area contributed by atoms with Crippen LogP contribution >= 0.6 is 15.9 Å². The van der Waals surface area contributed by atoms with Gasteiger partial charge in [0.1, 0.15) is 0 Å². The van der Waals surface area contributed by atoms with E-state index in [9.17, 15) is 0 Å². The molecule has 0 aromatic heterocycles. The van der Waals surface area contributed by atoms with E-state index in [4.69, 9.17) is 0 Å². The number of nitrogens with one attached hydrogen (secondary N) is 1. The van der Waals surface area contributed by atoms with Crippen molar-refractivity contribution < 1.29 is 0 Å². The molecule has 88 valence electrons. The molecule has 0 radical (unpaired) electrons. The summed E-state index contributed by atoms with van der Waals surface area (Å²) in [6.07, 6.45) is 2.63. The van der Waals surface area contributed by atoms with Crippen molar-refractivity contribution in [1.82, 2.24) is 5.32 Å². The van der Waals surface area contributed by atoms with Crippen LogP contribution in [0.4, 0.5) is 0 Å². The Bertz CT molecular complexity index is 364. The Morgan fingerprint density at radius 1 is 1.44 bits per heavy atom. The average Bonchev–Trinajstić information content (AvgIpc) is 3.01. The van der Waals surface area contributed by atoms with Gasteiger partial charge in [-0.1, -0.05) is 48.3 Å². The van der Waals surface area contributed by atoms with E-state index in [0.717, 1.165) is 19.0 Å². The van der Waals surface area contributed by atoms with Crippen molar-refractivity contribution in [1.29, 1.82) is 0 Å². The Balaban J connectivity index is 2.20. The molecule has 16 heavy (non-hydrogen) atoms. The van der Waals surface area contributed by atoms with Gasteiger partial charge in [0.05, 0.1) is 0 Å². The molecule has 1 aromatic rings. The summed E-state index contributed by atoms with van der Waals surface area (Å²) in [5.74, 6) is 0.862. The summed E-state index contributed by atoms with van der Waals surface area (Å²) in [7, 11) is 0. The molecule has 2 heteroatoms. The summed E-state index contributed by atoms with van der Waals surface area (Å²) in [5, 5.41) is 3.52. The third-order valence-corrected chi connectivity index (χ3v) is 4.31. The van der Waals surface area contributed by atoms with Crippen molar-refractivity contribution >= 4 is 15.9 Å². The first-order chi connectivity index (χ1) is 7.73. The molecular weight excluding hydrogens is 262 g/mol. The zero-order valence-corrected chi connectivity index (χ0v) is 11.7. The minimum Gasteiger partial charge on any atom is -0.316 e. The Hall–Kier alpha value is -0.340. The molecule has 1 saturated carbocycles. The van der Waals surface area contributed by atoms with Gasteiger partial charge in [-0.2, -0.15) is 0 Å². The van der Waals surface area contributed by atoms with Crippen LogP contribution in [0.15, 0.2) is 28.7 Å². The van der Waals surface area contributed by atoms with Gasteiger partial charge < -0.3 is 5.32 Å². The molecule has 1 aliphatic carbocycles. The summed E-state index contributed by atoms with van der Waals surface area (Å²) < 4.78 is 1.20. The van der Waals surface area contributed by atoms with Crippen LogP contribution in [0.3, 0.4) is 0 Å². The van der Waals surface area contributed by atoms with Crippen molar-refractivity contribution in [3.05, 3.63) is 34.3 Å². The van der Waals surface area contributed by atoms with E-state index in [0.29, 0.717) is 5.41 Å². The van der Waals surface area contributed by atoms with Gasteiger partial charge in [0, 0.05) is 16.4 Å². The van der Waals surface area contributed by atoms with E-state index in [2.05, 4.69) is 59.4 Å². The summed E-state index contributed by atoms with van der Waals surface area (Å²) in [6, 6.07) is 8.82. The summed E-state index contributed by atoms with van der Waals surface area (Å²) in [6.45, 7) is 6.67. The zero-order valence-electron chi connectivity index (χ0n) is 10.1. The molecule has 0 spiro atoms. The second-order valence-corrected chi connectivity index (χ2v) is 5.67. The molecule has 2 unspecified atom stereocenters. The van der Waals surface area contributed by atoms with Gasteiger partial charge >= 0.3 is 0 Å². The average molecular weight is 282 g/mol. The fourth-order valence-electron chi connectivity index (χ4n) is 2.73. The lowest BCUT2D eigenvalue weighted by Crippen LogP contribution is -2.28. The summed E-state index contributed by atoms with van der Waals surface area (Å²) >= 11 is 3.57. The molecular formula is C14H20BrN. The predicted octanol–water partition coefficient (Wildman–Crippen LogP) is 3.73. The van der Waals surface area contributed by atoms with E-state index in [1.807, 2.05) is 0 Å². The number of hydrogen-bond acceptors (Lipinski definition) is 1. The van der Waals surface area contributed by atoms with Crippen LogP contribution in [0.1, 0.15) is 32.3 Å². The lowest BCUT2D eigenvalue weighted by Gasteiger charge is -2.18. The standard InChI is InChI=1S/C14H20BrN/c1-3-11-9-14(11,10-16-4-2)12-6-5-7-13(15)8-12/h5-8,11,16H,3-4,9-10H2,1-2H3. The van der Waals surface area contributed by atoms with Crippen molar-refractivity contribution in [2.45, 2.75) is 32.1 Å². The van der Waals surface area contributed by atoms with Gasteiger partial charge in [0.25, 0.3) is 0 Å². The molecule has 2 atom stereocenters. The van der Waals surface area contributed by atoms with Gasteiger partial charge in [-0.15, -0.1) is 0 Å². The van der Waals surface area contributed by atoms with Crippen molar-refractivity contribution in [2.24, 2.45) is 5.92 Å². The van der Waals surface area contributed by atoms with E-state index in [1.165, 1.54) is 22.9 Å². The first-order valence-electron chi connectivity index (χ1n) is 6.19.